The van der Waals surface area contributed by atoms with E-state index in [1.165, 1.54) is 34.5 Å². The summed E-state index contributed by atoms with van der Waals surface area (Å²) in [6, 6.07) is 13.3. The highest BCUT2D eigenvalue weighted by Crippen LogP contribution is 2.22. The normalized spacial score (nSPS) is 12.4. The van der Waals surface area contributed by atoms with E-state index in [1.54, 1.807) is 12.1 Å². The molecule has 20 heavy (non-hydrogen) atoms. The fourth-order valence-corrected chi connectivity index (χ4v) is 2.94. The van der Waals surface area contributed by atoms with Gasteiger partial charge in [-0.05, 0) is 49.1 Å². The number of hydrogen-bond acceptors (Lipinski definition) is 2. The number of rotatable bonds is 5. The van der Waals surface area contributed by atoms with Crippen LogP contribution >= 0.6 is 11.8 Å². The van der Waals surface area contributed by atoms with E-state index in [-0.39, 0.29) is 11.9 Å². The first-order valence-corrected chi connectivity index (χ1v) is 7.74. The second kappa shape index (κ2) is 6.91. The predicted octanol–water partition coefficient (Wildman–Crippen LogP) is 4.10. The van der Waals surface area contributed by atoms with E-state index in [9.17, 15) is 4.39 Å². The third-order valence-electron chi connectivity index (χ3n) is 3.36. The van der Waals surface area contributed by atoms with Crippen molar-refractivity contribution in [1.82, 2.24) is 0 Å². The van der Waals surface area contributed by atoms with Gasteiger partial charge in [0.15, 0.2) is 0 Å². The lowest BCUT2D eigenvalue weighted by atomic mass is 10.0. The molecule has 1 nitrogen and oxygen atoms in total. The number of thioether (sulfide) groups is 1. The van der Waals surface area contributed by atoms with Gasteiger partial charge in [-0.15, -0.1) is 11.8 Å². The number of halogens is 1. The minimum atomic E-state index is -0.170. The summed E-state index contributed by atoms with van der Waals surface area (Å²) < 4.78 is 13.5. The van der Waals surface area contributed by atoms with E-state index in [0.717, 1.165) is 6.42 Å². The summed E-state index contributed by atoms with van der Waals surface area (Å²) in [5.74, 6) is 0.546. The van der Waals surface area contributed by atoms with Crippen molar-refractivity contribution in [2.45, 2.75) is 31.2 Å². The first kappa shape index (κ1) is 15.1. The molecule has 1 atom stereocenters. The molecule has 0 saturated carbocycles. The predicted molar refractivity (Wildman–Crippen MR) is 84.7 cm³/mol. The summed E-state index contributed by atoms with van der Waals surface area (Å²) in [5.41, 5.74) is 9.98. The fraction of sp³-hybridized carbons (Fsp3) is 0.294. The Balaban J connectivity index is 1.91. The molecule has 0 fully saturated rings. The van der Waals surface area contributed by atoms with Crippen molar-refractivity contribution in [3.8, 4) is 0 Å². The van der Waals surface area contributed by atoms with Gasteiger partial charge >= 0.3 is 0 Å². The van der Waals surface area contributed by atoms with Gasteiger partial charge in [-0.1, -0.05) is 30.3 Å². The quantitative estimate of drug-likeness (QED) is 0.838. The maximum absolute atomic E-state index is 13.5. The molecule has 2 aromatic carbocycles. The molecule has 0 aliphatic heterocycles. The Morgan fingerprint density at radius 3 is 2.55 bits per heavy atom. The van der Waals surface area contributed by atoms with Gasteiger partial charge in [0.05, 0.1) is 0 Å². The maximum atomic E-state index is 13.5. The Hall–Kier alpha value is -1.32. The lowest BCUT2D eigenvalue weighted by Crippen LogP contribution is -2.25. The molecule has 0 radical (unpaired) electrons. The molecule has 2 rings (SSSR count). The molecule has 106 valence electrons. The molecule has 1 unspecified atom stereocenters. The van der Waals surface area contributed by atoms with E-state index >= 15 is 0 Å². The molecule has 3 heteroatoms. The van der Waals surface area contributed by atoms with Gasteiger partial charge in [-0.2, -0.15) is 0 Å². The second-order valence-corrected chi connectivity index (χ2v) is 6.19. The third kappa shape index (κ3) is 4.09. The number of nitrogens with two attached hydrogens (primary N) is 1. The van der Waals surface area contributed by atoms with Crippen LogP contribution in [-0.2, 0) is 6.42 Å². The van der Waals surface area contributed by atoms with Crippen molar-refractivity contribution in [2.24, 2.45) is 5.73 Å². The van der Waals surface area contributed by atoms with Crippen molar-refractivity contribution >= 4 is 11.8 Å². The van der Waals surface area contributed by atoms with Crippen LogP contribution in [0.25, 0.3) is 0 Å². The standard InChI is InChI=1S/C17H20FNS/c1-12-7-8-14(9-13(12)2)10-15(19)11-20-17-6-4-3-5-16(17)18/h3-9,15H,10-11,19H2,1-2H3. The maximum Gasteiger partial charge on any atom is 0.136 e. The lowest BCUT2D eigenvalue weighted by Gasteiger charge is -2.13. The Kier molecular flexibility index (Phi) is 5.21. The summed E-state index contributed by atoms with van der Waals surface area (Å²) in [7, 11) is 0. The van der Waals surface area contributed by atoms with E-state index in [0.29, 0.717) is 10.6 Å². The molecule has 0 aliphatic carbocycles. The molecule has 0 aliphatic rings. The average molecular weight is 289 g/mol. The van der Waals surface area contributed by atoms with Crippen LogP contribution in [0.5, 0.6) is 0 Å². The van der Waals surface area contributed by atoms with Crippen molar-refractivity contribution in [1.29, 1.82) is 0 Å². The van der Waals surface area contributed by atoms with E-state index in [1.807, 2.05) is 6.07 Å². The molecule has 0 saturated heterocycles. The number of benzene rings is 2. The molecule has 0 spiro atoms. The van der Waals surface area contributed by atoms with Gasteiger partial charge in [0.1, 0.15) is 5.82 Å². The summed E-state index contributed by atoms with van der Waals surface area (Å²) in [4.78, 5) is 0.669. The molecule has 0 heterocycles. The molecule has 0 aromatic heterocycles. The largest absolute Gasteiger partial charge is 0.327 e. The van der Waals surface area contributed by atoms with Crippen LogP contribution in [0, 0.1) is 19.7 Å². The first-order valence-electron chi connectivity index (χ1n) is 6.75. The molecular formula is C17H20FNS. The fourth-order valence-electron chi connectivity index (χ4n) is 2.05. The molecule has 0 bridgehead atoms. The Bertz CT molecular complexity index is 583. The summed E-state index contributed by atoms with van der Waals surface area (Å²) in [6.07, 6.45) is 0.822. The molecule has 2 aromatic rings. The van der Waals surface area contributed by atoms with Gasteiger partial charge in [-0.3, -0.25) is 0 Å². The molecule has 2 N–H and O–H groups in total. The van der Waals surface area contributed by atoms with Gasteiger partial charge in [0.25, 0.3) is 0 Å². The third-order valence-corrected chi connectivity index (χ3v) is 4.60. The van der Waals surface area contributed by atoms with Gasteiger partial charge < -0.3 is 5.73 Å². The van der Waals surface area contributed by atoms with Crippen LogP contribution in [-0.4, -0.2) is 11.8 Å². The van der Waals surface area contributed by atoms with Crippen LogP contribution in [0.1, 0.15) is 16.7 Å². The Morgan fingerprint density at radius 2 is 1.85 bits per heavy atom. The van der Waals surface area contributed by atoms with E-state index < -0.39 is 0 Å². The van der Waals surface area contributed by atoms with E-state index in [4.69, 9.17) is 5.73 Å². The second-order valence-electron chi connectivity index (χ2n) is 5.12. The van der Waals surface area contributed by atoms with Crippen LogP contribution in [0.2, 0.25) is 0 Å². The molecular weight excluding hydrogens is 269 g/mol. The Labute approximate surface area is 124 Å². The van der Waals surface area contributed by atoms with Crippen molar-refractivity contribution in [3.63, 3.8) is 0 Å². The van der Waals surface area contributed by atoms with Crippen LogP contribution in [0.3, 0.4) is 0 Å². The summed E-state index contributed by atoms with van der Waals surface area (Å²) in [5, 5.41) is 0. The van der Waals surface area contributed by atoms with Gasteiger partial charge in [-0.25, -0.2) is 4.39 Å². The Morgan fingerprint density at radius 1 is 1.10 bits per heavy atom. The zero-order valence-electron chi connectivity index (χ0n) is 11.9. The highest BCUT2D eigenvalue weighted by atomic mass is 32.2. The SMILES string of the molecule is Cc1ccc(CC(N)CSc2ccccc2F)cc1C. The average Bonchev–Trinajstić information content (AvgIpc) is 2.42. The topological polar surface area (TPSA) is 26.0 Å². The van der Waals surface area contributed by atoms with Crippen LogP contribution in [0.4, 0.5) is 4.39 Å². The zero-order valence-corrected chi connectivity index (χ0v) is 12.7. The van der Waals surface area contributed by atoms with Crippen molar-refractivity contribution in [2.75, 3.05) is 5.75 Å². The molecule has 0 amide bonds. The van der Waals surface area contributed by atoms with Crippen molar-refractivity contribution < 1.29 is 4.39 Å². The lowest BCUT2D eigenvalue weighted by molar-refractivity contribution is 0.601. The first-order chi connectivity index (χ1) is 9.56. The van der Waals surface area contributed by atoms with Crippen molar-refractivity contribution in [3.05, 3.63) is 65.0 Å². The number of hydrogen-bond donors (Lipinski definition) is 1. The zero-order chi connectivity index (χ0) is 14.5. The number of aryl methyl sites for hydroxylation is 2. The minimum absolute atomic E-state index is 0.0294. The van der Waals surface area contributed by atoms with E-state index in [2.05, 4.69) is 32.0 Å². The van der Waals surface area contributed by atoms with Crippen LogP contribution < -0.4 is 5.73 Å². The smallest absolute Gasteiger partial charge is 0.136 e. The van der Waals surface area contributed by atoms with Gasteiger partial charge in [0.2, 0.25) is 0 Å². The minimum Gasteiger partial charge on any atom is -0.327 e. The highest BCUT2D eigenvalue weighted by Gasteiger charge is 2.08. The van der Waals surface area contributed by atoms with Gasteiger partial charge in [0, 0.05) is 16.7 Å². The monoisotopic (exact) mass is 289 g/mol. The summed E-state index contributed by atoms with van der Waals surface area (Å²) >= 11 is 1.48. The summed E-state index contributed by atoms with van der Waals surface area (Å²) in [6.45, 7) is 4.21. The highest BCUT2D eigenvalue weighted by molar-refractivity contribution is 7.99. The van der Waals surface area contributed by atoms with Crippen LogP contribution in [0.15, 0.2) is 47.4 Å².